The molecular weight excluding hydrogens is 321 g/mol. The van der Waals surface area contributed by atoms with Gasteiger partial charge in [0.15, 0.2) is 0 Å². The summed E-state index contributed by atoms with van der Waals surface area (Å²) in [6, 6.07) is 5.42. The maximum atomic E-state index is 12.8. The molecule has 1 fully saturated rings. The number of halogens is 2. The molecule has 1 aliphatic rings. The van der Waals surface area contributed by atoms with Crippen molar-refractivity contribution in [2.45, 2.75) is 19.3 Å². The third kappa shape index (κ3) is 4.77. The van der Waals surface area contributed by atoms with Crippen LogP contribution < -0.4 is 10.9 Å². The summed E-state index contributed by atoms with van der Waals surface area (Å²) >= 11 is 5.87. The number of benzene rings is 1. The minimum atomic E-state index is -0.454. The standard InChI is InChI=1S/C11H9ClFN3O.C5H10O/c1-14-9-6-15-16(11(17)10(9)12)8-4-2-7(13)3-5-8;1-2-4-6-5-3-1/h2-6,14H,1H3;1-5H2. The summed E-state index contributed by atoms with van der Waals surface area (Å²) in [5.74, 6) is -0.375. The van der Waals surface area contributed by atoms with E-state index >= 15 is 0 Å². The lowest BCUT2D eigenvalue weighted by Crippen LogP contribution is -2.22. The second kappa shape index (κ2) is 8.64. The van der Waals surface area contributed by atoms with Gasteiger partial charge in [-0.05, 0) is 43.5 Å². The van der Waals surface area contributed by atoms with Crippen molar-refractivity contribution in [3.8, 4) is 5.69 Å². The van der Waals surface area contributed by atoms with Crippen molar-refractivity contribution in [1.82, 2.24) is 9.78 Å². The zero-order chi connectivity index (χ0) is 16.7. The molecule has 0 bridgehead atoms. The maximum absolute atomic E-state index is 12.8. The molecule has 1 aliphatic heterocycles. The van der Waals surface area contributed by atoms with Crippen LogP contribution in [0.3, 0.4) is 0 Å². The SMILES string of the molecule is C1CCOCC1.CNc1cnn(-c2ccc(F)cc2)c(=O)c1Cl. The summed E-state index contributed by atoms with van der Waals surface area (Å²) in [6.07, 6.45) is 5.37. The Labute approximate surface area is 139 Å². The second-order valence-corrected chi connectivity index (χ2v) is 5.37. The molecule has 23 heavy (non-hydrogen) atoms. The van der Waals surface area contributed by atoms with Crippen LogP contribution >= 0.6 is 11.6 Å². The highest BCUT2D eigenvalue weighted by Crippen LogP contribution is 2.15. The Bertz CT molecular complexity index is 673. The molecule has 0 amide bonds. The predicted octanol–water partition coefficient (Wildman–Crippen LogP) is 3.25. The molecule has 0 radical (unpaired) electrons. The molecule has 3 rings (SSSR count). The molecule has 0 aliphatic carbocycles. The van der Waals surface area contributed by atoms with Gasteiger partial charge in [-0.3, -0.25) is 4.79 Å². The molecule has 0 atom stereocenters. The Hall–Kier alpha value is -1.92. The van der Waals surface area contributed by atoms with Gasteiger partial charge >= 0.3 is 0 Å². The molecule has 0 spiro atoms. The van der Waals surface area contributed by atoms with E-state index in [2.05, 4.69) is 10.4 Å². The fraction of sp³-hybridized carbons (Fsp3) is 0.375. The van der Waals surface area contributed by atoms with Gasteiger partial charge in [0, 0.05) is 20.3 Å². The van der Waals surface area contributed by atoms with Crippen molar-refractivity contribution in [3.63, 3.8) is 0 Å². The predicted molar refractivity (Wildman–Crippen MR) is 89.0 cm³/mol. The van der Waals surface area contributed by atoms with Crippen LogP contribution in [0.15, 0.2) is 35.3 Å². The zero-order valence-corrected chi connectivity index (χ0v) is 13.6. The van der Waals surface area contributed by atoms with Crippen LogP contribution in [0.1, 0.15) is 19.3 Å². The topological polar surface area (TPSA) is 56.1 Å². The van der Waals surface area contributed by atoms with Gasteiger partial charge in [0.1, 0.15) is 10.8 Å². The summed E-state index contributed by atoms with van der Waals surface area (Å²) < 4.78 is 18.9. The Morgan fingerprint density at radius 1 is 1.22 bits per heavy atom. The molecule has 1 N–H and O–H groups in total. The number of anilines is 1. The van der Waals surface area contributed by atoms with Crippen LogP contribution in [0.2, 0.25) is 5.02 Å². The third-order valence-corrected chi connectivity index (χ3v) is 3.70. The quantitative estimate of drug-likeness (QED) is 0.912. The fourth-order valence-corrected chi connectivity index (χ4v) is 2.28. The van der Waals surface area contributed by atoms with E-state index in [-0.39, 0.29) is 10.8 Å². The van der Waals surface area contributed by atoms with Gasteiger partial charge in [-0.15, -0.1) is 0 Å². The number of ether oxygens (including phenoxy) is 1. The summed E-state index contributed by atoms with van der Waals surface area (Å²) in [4.78, 5) is 11.9. The summed E-state index contributed by atoms with van der Waals surface area (Å²) in [6.45, 7) is 2.00. The van der Waals surface area contributed by atoms with Gasteiger partial charge in [0.25, 0.3) is 5.56 Å². The number of hydrogen-bond acceptors (Lipinski definition) is 4. The van der Waals surface area contributed by atoms with Gasteiger partial charge in [-0.1, -0.05) is 11.6 Å². The lowest BCUT2D eigenvalue weighted by atomic mass is 10.2. The zero-order valence-electron chi connectivity index (χ0n) is 12.9. The smallest absolute Gasteiger partial charge is 0.292 e. The first-order chi connectivity index (χ1) is 11.1. The molecule has 1 aromatic heterocycles. The normalized spacial score (nSPS) is 13.9. The highest BCUT2D eigenvalue weighted by molar-refractivity contribution is 6.32. The number of rotatable bonds is 2. The minimum Gasteiger partial charge on any atom is -0.385 e. The molecule has 7 heteroatoms. The number of aromatic nitrogens is 2. The van der Waals surface area contributed by atoms with Gasteiger partial charge in [0.05, 0.1) is 17.6 Å². The van der Waals surface area contributed by atoms with Crippen molar-refractivity contribution < 1.29 is 9.13 Å². The Balaban J connectivity index is 0.000000268. The fourth-order valence-electron chi connectivity index (χ4n) is 2.06. The molecule has 0 unspecified atom stereocenters. The minimum absolute atomic E-state index is 0.0480. The first-order valence-corrected chi connectivity index (χ1v) is 7.80. The molecule has 2 heterocycles. The third-order valence-electron chi connectivity index (χ3n) is 3.34. The first-order valence-electron chi connectivity index (χ1n) is 7.42. The van der Waals surface area contributed by atoms with Gasteiger partial charge in [0.2, 0.25) is 0 Å². The molecule has 5 nitrogen and oxygen atoms in total. The average Bonchev–Trinajstić information content (AvgIpc) is 2.60. The van der Waals surface area contributed by atoms with E-state index in [1.807, 2.05) is 0 Å². The largest absolute Gasteiger partial charge is 0.385 e. The number of nitrogens with zero attached hydrogens (tertiary/aromatic N) is 2. The lowest BCUT2D eigenvalue weighted by molar-refractivity contribution is 0.0968. The van der Waals surface area contributed by atoms with Crippen LogP contribution in [0, 0.1) is 5.82 Å². The van der Waals surface area contributed by atoms with Crippen molar-refractivity contribution in [2.24, 2.45) is 0 Å². The van der Waals surface area contributed by atoms with Crippen LogP contribution in [0.25, 0.3) is 5.69 Å². The molecule has 2 aromatic rings. The molecule has 1 aromatic carbocycles. The van der Waals surface area contributed by atoms with E-state index in [0.717, 1.165) is 17.9 Å². The highest BCUT2D eigenvalue weighted by Gasteiger charge is 2.09. The van der Waals surface area contributed by atoms with Crippen LogP contribution in [-0.2, 0) is 4.74 Å². The molecule has 1 saturated heterocycles. The second-order valence-electron chi connectivity index (χ2n) is 4.99. The Kier molecular flexibility index (Phi) is 6.55. The van der Waals surface area contributed by atoms with E-state index in [1.165, 1.54) is 49.7 Å². The summed E-state index contributed by atoms with van der Waals surface area (Å²) in [7, 11) is 1.64. The van der Waals surface area contributed by atoms with Crippen molar-refractivity contribution in [3.05, 3.63) is 51.7 Å². The monoisotopic (exact) mass is 339 g/mol. The average molecular weight is 340 g/mol. The van der Waals surface area contributed by atoms with E-state index < -0.39 is 5.56 Å². The van der Waals surface area contributed by atoms with Crippen molar-refractivity contribution in [1.29, 1.82) is 0 Å². The van der Waals surface area contributed by atoms with E-state index in [1.54, 1.807) is 7.05 Å². The lowest BCUT2D eigenvalue weighted by Gasteiger charge is -2.08. The highest BCUT2D eigenvalue weighted by atomic mass is 35.5. The van der Waals surface area contributed by atoms with E-state index in [4.69, 9.17) is 16.3 Å². The van der Waals surface area contributed by atoms with Gasteiger partial charge in [-0.25, -0.2) is 4.39 Å². The van der Waals surface area contributed by atoms with Crippen molar-refractivity contribution in [2.75, 3.05) is 25.6 Å². The first kappa shape index (κ1) is 17.4. The number of hydrogen-bond donors (Lipinski definition) is 1. The van der Waals surface area contributed by atoms with Crippen LogP contribution in [0.4, 0.5) is 10.1 Å². The Morgan fingerprint density at radius 3 is 2.35 bits per heavy atom. The molecule has 0 saturated carbocycles. The maximum Gasteiger partial charge on any atom is 0.292 e. The number of nitrogens with one attached hydrogen (secondary N) is 1. The van der Waals surface area contributed by atoms with E-state index in [9.17, 15) is 9.18 Å². The van der Waals surface area contributed by atoms with Gasteiger partial charge < -0.3 is 10.1 Å². The molecular formula is C16H19ClFN3O2. The summed E-state index contributed by atoms with van der Waals surface area (Å²) in [5.41, 5.74) is 0.459. The van der Waals surface area contributed by atoms with Crippen LogP contribution in [-0.4, -0.2) is 30.0 Å². The van der Waals surface area contributed by atoms with Crippen LogP contribution in [0.5, 0.6) is 0 Å². The summed E-state index contributed by atoms with van der Waals surface area (Å²) in [5, 5.41) is 6.75. The van der Waals surface area contributed by atoms with E-state index in [0.29, 0.717) is 11.4 Å². The van der Waals surface area contributed by atoms with Gasteiger partial charge in [-0.2, -0.15) is 9.78 Å². The molecule has 124 valence electrons. The van der Waals surface area contributed by atoms with Crippen molar-refractivity contribution >= 4 is 17.3 Å². The Morgan fingerprint density at radius 2 is 1.87 bits per heavy atom.